The first-order valence-corrected chi connectivity index (χ1v) is 20.0. The molecule has 0 radical (unpaired) electrons. The third-order valence-electron chi connectivity index (χ3n) is 11.1. The summed E-state index contributed by atoms with van der Waals surface area (Å²) >= 11 is 7.95. The lowest BCUT2D eigenvalue weighted by Crippen LogP contribution is -2.49. The zero-order chi connectivity index (χ0) is 37.8. The minimum absolute atomic E-state index is 0.151. The van der Waals surface area contributed by atoms with Crippen LogP contribution >= 0.6 is 22.9 Å². The van der Waals surface area contributed by atoms with E-state index in [1.54, 1.807) is 23.5 Å². The predicted octanol–water partition coefficient (Wildman–Crippen LogP) is 8.86. The zero-order valence-corrected chi connectivity index (χ0v) is 32.8. The van der Waals surface area contributed by atoms with Crippen LogP contribution in [0.15, 0.2) is 72.2 Å². The van der Waals surface area contributed by atoms with Crippen LogP contribution in [0.4, 0.5) is 5.69 Å². The van der Waals surface area contributed by atoms with Crippen molar-refractivity contribution in [1.82, 2.24) is 24.6 Å². The fraction of sp³-hybridized carbons (Fsp3) is 0.364. The van der Waals surface area contributed by atoms with Gasteiger partial charge in [0.05, 0.1) is 34.0 Å². The SMILES string of the molecule is [C-]#[N+]c1ccc(-n2nc(C)c(Cc3ccc(C#CC4CCN(C5CCN(C(=O)C[C@H](N)c6ccc(-c7scnc7C)cc6)CC5)CC4)cc3)c2C)cc1Cl. The standard InChI is InChI=1S/C44H46ClN7OS/c1-29-39(31(3)52(49-29)38-15-16-42(47-4)40(45)26-38)25-34-9-7-32(8-10-34)5-6-33-17-21-50(22-18-33)37-19-23-51(24-20-37)43(53)27-41(46)35-11-13-36(14-12-35)44-30(2)48-28-54-44/h7-16,26,28,33,37,41H,17-25,27,46H2,1-3H3/t41-/m0/s1. The molecule has 0 unspecified atom stereocenters. The third kappa shape index (κ3) is 8.46. The number of nitrogens with two attached hydrogens (primary N) is 1. The molecule has 0 aliphatic carbocycles. The summed E-state index contributed by atoms with van der Waals surface area (Å²) in [4.78, 5) is 26.8. The van der Waals surface area contributed by atoms with Crippen molar-refractivity contribution in [2.75, 3.05) is 26.2 Å². The number of piperidine rings is 2. The van der Waals surface area contributed by atoms with Crippen LogP contribution in [-0.4, -0.2) is 62.7 Å². The molecule has 4 heterocycles. The average Bonchev–Trinajstić information content (AvgIpc) is 3.75. The Morgan fingerprint density at radius 2 is 1.70 bits per heavy atom. The van der Waals surface area contributed by atoms with Gasteiger partial charge in [0.1, 0.15) is 0 Å². The third-order valence-corrected chi connectivity index (χ3v) is 12.4. The number of nitrogens with zero attached hydrogens (tertiary/aromatic N) is 6. The van der Waals surface area contributed by atoms with Crippen molar-refractivity contribution < 1.29 is 4.79 Å². The molecule has 10 heteroatoms. The number of benzene rings is 3. The van der Waals surface area contributed by atoms with Crippen molar-refractivity contribution in [3.05, 3.63) is 128 Å². The molecule has 0 spiro atoms. The summed E-state index contributed by atoms with van der Waals surface area (Å²) < 4.78 is 1.91. The largest absolute Gasteiger partial charge is 0.343 e. The second-order valence-corrected chi connectivity index (χ2v) is 15.8. The first-order chi connectivity index (χ1) is 26.2. The Labute approximate surface area is 327 Å². The summed E-state index contributed by atoms with van der Waals surface area (Å²) in [5, 5.41) is 5.21. The number of aromatic nitrogens is 3. The van der Waals surface area contributed by atoms with Gasteiger partial charge in [0, 0.05) is 65.8 Å². The molecule has 2 aliphatic rings. The Morgan fingerprint density at radius 1 is 0.981 bits per heavy atom. The number of halogens is 1. The van der Waals surface area contributed by atoms with E-state index in [2.05, 4.69) is 69.9 Å². The minimum Gasteiger partial charge on any atom is -0.343 e. The highest BCUT2D eigenvalue weighted by molar-refractivity contribution is 7.13. The molecule has 2 N–H and O–H groups in total. The summed E-state index contributed by atoms with van der Waals surface area (Å²) in [5.74, 6) is 7.56. The van der Waals surface area contributed by atoms with Gasteiger partial charge < -0.3 is 15.5 Å². The average molecular weight is 756 g/mol. The van der Waals surface area contributed by atoms with E-state index in [-0.39, 0.29) is 11.9 Å². The number of likely N-dealkylation sites (tertiary alicyclic amines) is 2. The van der Waals surface area contributed by atoms with E-state index >= 15 is 0 Å². The van der Waals surface area contributed by atoms with E-state index in [1.807, 2.05) is 47.1 Å². The summed E-state index contributed by atoms with van der Waals surface area (Å²) in [6.07, 6.45) is 5.29. The van der Waals surface area contributed by atoms with E-state index in [0.29, 0.717) is 29.1 Å². The molecule has 8 nitrogen and oxygen atoms in total. The maximum absolute atomic E-state index is 13.2. The molecule has 7 rings (SSSR count). The van der Waals surface area contributed by atoms with Crippen molar-refractivity contribution in [3.63, 3.8) is 0 Å². The Morgan fingerprint density at radius 3 is 2.35 bits per heavy atom. The number of carbonyl (C=O) groups is 1. The van der Waals surface area contributed by atoms with Gasteiger partial charge in [-0.1, -0.05) is 65.9 Å². The van der Waals surface area contributed by atoms with Crippen LogP contribution in [0.25, 0.3) is 21.0 Å². The number of carbonyl (C=O) groups excluding carboxylic acids is 1. The highest BCUT2D eigenvalue weighted by atomic mass is 35.5. The number of hydrogen-bond donors (Lipinski definition) is 1. The molecule has 2 fully saturated rings. The number of thiazole rings is 1. The smallest absolute Gasteiger partial charge is 0.224 e. The Hall–Kier alpha value is -4.77. The predicted molar refractivity (Wildman–Crippen MR) is 218 cm³/mol. The van der Waals surface area contributed by atoms with Gasteiger partial charge in [-0.05, 0) is 100 Å². The molecule has 5 aromatic rings. The summed E-state index contributed by atoms with van der Waals surface area (Å²) in [6.45, 7) is 17.1. The highest BCUT2D eigenvalue weighted by Gasteiger charge is 2.30. The van der Waals surface area contributed by atoms with Crippen LogP contribution in [0.3, 0.4) is 0 Å². The van der Waals surface area contributed by atoms with Gasteiger partial charge in [-0.25, -0.2) is 14.5 Å². The number of amides is 1. The van der Waals surface area contributed by atoms with Gasteiger partial charge in [0.2, 0.25) is 11.6 Å². The van der Waals surface area contributed by atoms with E-state index in [1.165, 1.54) is 16.0 Å². The molecule has 1 amide bonds. The monoisotopic (exact) mass is 755 g/mol. The normalized spacial score (nSPS) is 16.1. The lowest BCUT2D eigenvalue weighted by Gasteiger charge is -2.41. The van der Waals surface area contributed by atoms with Crippen LogP contribution in [-0.2, 0) is 11.2 Å². The lowest BCUT2D eigenvalue weighted by atomic mass is 9.93. The highest BCUT2D eigenvalue weighted by Crippen LogP contribution is 2.31. The van der Waals surface area contributed by atoms with Crippen LogP contribution in [0, 0.1) is 45.1 Å². The van der Waals surface area contributed by atoms with Crippen LogP contribution in [0.1, 0.15) is 77.5 Å². The number of hydrogen-bond acceptors (Lipinski definition) is 6. The first-order valence-electron chi connectivity index (χ1n) is 18.8. The maximum Gasteiger partial charge on any atom is 0.224 e. The molecule has 2 aliphatic heterocycles. The van der Waals surface area contributed by atoms with Crippen LogP contribution in [0.5, 0.6) is 0 Å². The number of rotatable bonds is 8. The number of aryl methyl sites for hydroxylation is 2. The summed E-state index contributed by atoms with van der Waals surface area (Å²) in [7, 11) is 0. The summed E-state index contributed by atoms with van der Waals surface area (Å²) in [6, 6.07) is 22.5. The Kier molecular flexibility index (Phi) is 11.6. The van der Waals surface area contributed by atoms with Crippen molar-refractivity contribution in [1.29, 1.82) is 0 Å². The quantitative estimate of drug-likeness (QED) is 0.126. The first kappa shape index (κ1) is 37.5. The van der Waals surface area contributed by atoms with Crippen molar-refractivity contribution in [2.45, 2.75) is 71.4 Å². The molecule has 0 bridgehead atoms. The summed E-state index contributed by atoms with van der Waals surface area (Å²) in [5.41, 5.74) is 18.3. The van der Waals surface area contributed by atoms with Gasteiger partial charge in [-0.15, -0.1) is 11.3 Å². The van der Waals surface area contributed by atoms with Crippen molar-refractivity contribution in [2.24, 2.45) is 11.7 Å². The van der Waals surface area contributed by atoms with E-state index in [9.17, 15) is 4.79 Å². The minimum atomic E-state index is -0.307. The molecular weight excluding hydrogens is 710 g/mol. The van der Waals surface area contributed by atoms with Gasteiger partial charge in [-0.2, -0.15) is 5.10 Å². The van der Waals surface area contributed by atoms with Gasteiger partial charge in [0.25, 0.3) is 0 Å². The fourth-order valence-corrected chi connectivity index (χ4v) is 8.81. The Balaban J connectivity index is 0.852. The zero-order valence-electron chi connectivity index (χ0n) is 31.2. The molecule has 276 valence electrons. The second kappa shape index (κ2) is 16.7. The van der Waals surface area contributed by atoms with E-state index in [4.69, 9.17) is 29.0 Å². The topological polar surface area (TPSA) is 84.6 Å². The molecule has 3 aromatic carbocycles. The second-order valence-electron chi connectivity index (χ2n) is 14.6. The van der Waals surface area contributed by atoms with Gasteiger partial charge in [-0.3, -0.25) is 4.79 Å². The molecular formula is C44H46ClN7OS. The van der Waals surface area contributed by atoms with Gasteiger partial charge in [0.15, 0.2) is 0 Å². The molecule has 1 atom stereocenters. The maximum atomic E-state index is 13.2. The molecule has 54 heavy (non-hydrogen) atoms. The van der Waals surface area contributed by atoms with Gasteiger partial charge >= 0.3 is 0 Å². The molecule has 2 aromatic heterocycles. The van der Waals surface area contributed by atoms with E-state index < -0.39 is 0 Å². The fourth-order valence-electron chi connectivity index (χ4n) is 7.78. The van der Waals surface area contributed by atoms with Crippen LogP contribution < -0.4 is 5.73 Å². The van der Waals surface area contributed by atoms with Crippen molar-refractivity contribution >= 4 is 34.5 Å². The van der Waals surface area contributed by atoms with E-state index in [0.717, 1.165) is 97.7 Å². The molecule has 2 saturated heterocycles. The Bertz CT molecular complexity index is 2210. The van der Waals surface area contributed by atoms with Crippen LogP contribution in [0.2, 0.25) is 5.02 Å². The van der Waals surface area contributed by atoms with Crippen molar-refractivity contribution in [3.8, 4) is 28.0 Å². The molecule has 0 saturated carbocycles. The lowest BCUT2D eigenvalue weighted by molar-refractivity contribution is -0.133.